The van der Waals surface area contributed by atoms with Crippen LogP contribution < -0.4 is 0 Å². The fourth-order valence-corrected chi connectivity index (χ4v) is 1.59. The van der Waals surface area contributed by atoms with Crippen LogP contribution in [0.25, 0.3) is 11.5 Å². The molecule has 0 aliphatic carbocycles. The number of nitrogens with zero attached hydrogens (tertiary/aromatic N) is 2. The first-order chi connectivity index (χ1) is 7.16. The van der Waals surface area contributed by atoms with Gasteiger partial charge in [0.2, 0.25) is 5.89 Å². The van der Waals surface area contributed by atoms with Gasteiger partial charge in [0.25, 0.3) is 0 Å². The van der Waals surface area contributed by atoms with E-state index in [4.69, 9.17) is 9.52 Å². The van der Waals surface area contributed by atoms with Crippen LogP contribution in [0.5, 0.6) is 0 Å². The van der Waals surface area contributed by atoms with Crippen LogP contribution in [0.2, 0.25) is 0 Å². The third-order valence-corrected chi connectivity index (χ3v) is 2.35. The number of carbonyl (C=O) groups is 1. The van der Waals surface area contributed by atoms with Crippen molar-refractivity contribution < 1.29 is 14.3 Å². The largest absolute Gasteiger partial charge is 0.474 e. The minimum Gasteiger partial charge on any atom is -0.474 e. The summed E-state index contributed by atoms with van der Waals surface area (Å²) >= 11 is 2.15. The number of hydrogen-bond donors (Lipinski definition) is 1. The van der Waals surface area contributed by atoms with Crippen molar-refractivity contribution in [2.75, 3.05) is 0 Å². The molecular formula is C9H5IN2O3. The lowest BCUT2D eigenvalue weighted by molar-refractivity contribution is 0.0654. The van der Waals surface area contributed by atoms with Gasteiger partial charge in [-0.25, -0.2) is 4.79 Å². The zero-order chi connectivity index (χ0) is 10.8. The Kier molecular flexibility index (Phi) is 2.67. The standard InChI is InChI=1S/C9H5IN2O3/c10-6-3-1-2-5(4-6)7-11-12-8(15-7)9(13)14/h1-4H,(H,13,14). The molecule has 0 saturated carbocycles. The van der Waals surface area contributed by atoms with Crippen LogP contribution in [0.1, 0.15) is 10.7 Å². The number of aromatic nitrogens is 2. The number of carboxylic acid groups (broad SMARTS) is 1. The monoisotopic (exact) mass is 316 g/mol. The number of carboxylic acids is 1. The second-order valence-electron chi connectivity index (χ2n) is 2.73. The van der Waals surface area contributed by atoms with Gasteiger partial charge in [0.1, 0.15) is 0 Å². The van der Waals surface area contributed by atoms with Crippen LogP contribution in [0, 0.1) is 3.57 Å². The first-order valence-corrected chi connectivity index (χ1v) is 5.07. The highest BCUT2D eigenvalue weighted by molar-refractivity contribution is 14.1. The zero-order valence-electron chi connectivity index (χ0n) is 7.35. The minimum absolute atomic E-state index is 0.214. The molecule has 0 bridgehead atoms. The number of aromatic carboxylic acids is 1. The first-order valence-electron chi connectivity index (χ1n) is 3.99. The van der Waals surface area contributed by atoms with Crippen LogP contribution in [0.4, 0.5) is 0 Å². The average Bonchev–Trinajstić information content (AvgIpc) is 2.66. The van der Waals surface area contributed by atoms with E-state index >= 15 is 0 Å². The average molecular weight is 316 g/mol. The second kappa shape index (κ2) is 3.97. The summed E-state index contributed by atoms with van der Waals surface area (Å²) in [6.07, 6.45) is 0. The molecule has 1 heterocycles. The Hall–Kier alpha value is -1.44. The second-order valence-corrected chi connectivity index (χ2v) is 3.97. The van der Waals surface area contributed by atoms with E-state index in [0.717, 1.165) is 3.57 Å². The SMILES string of the molecule is O=C(O)c1nnc(-c2cccc(I)c2)o1. The van der Waals surface area contributed by atoms with Crippen molar-refractivity contribution in [2.45, 2.75) is 0 Å². The molecular weight excluding hydrogens is 311 g/mol. The topological polar surface area (TPSA) is 76.2 Å². The van der Waals surface area contributed by atoms with Crippen LogP contribution in [0.3, 0.4) is 0 Å². The van der Waals surface area contributed by atoms with Gasteiger partial charge in [-0.1, -0.05) is 6.07 Å². The summed E-state index contributed by atoms with van der Waals surface area (Å²) in [5, 5.41) is 15.7. The lowest BCUT2D eigenvalue weighted by Gasteiger charge is -1.94. The molecule has 1 aromatic heterocycles. The van der Waals surface area contributed by atoms with Gasteiger partial charge >= 0.3 is 11.9 Å². The maximum Gasteiger partial charge on any atom is 0.393 e. The molecule has 0 aliphatic rings. The van der Waals surface area contributed by atoms with Crippen LogP contribution >= 0.6 is 22.6 Å². The van der Waals surface area contributed by atoms with Crippen molar-refractivity contribution >= 4 is 28.6 Å². The molecule has 0 atom stereocenters. The quantitative estimate of drug-likeness (QED) is 0.858. The molecule has 0 unspecified atom stereocenters. The molecule has 2 aromatic rings. The highest BCUT2D eigenvalue weighted by atomic mass is 127. The Balaban J connectivity index is 2.41. The lowest BCUT2D eigenvalue weighted by atomic mass is 10.2. The Morgan fingerprint density at radius 3 is 2.80 bits per heavy atom. The number of rotatable bonds is 2. The highest BCUT2D eigenvalue weighted by Crippen LogP contribution is 2.19. The maximum atomic E-state index is 10.5. The molecule has 0 aliphatic heterocycles. The minimum atomic E-state index is -1.22. The van der Waals surface area contributed by atoms with Gasteiger partial charge in [-0.15, -0.1) is 10.2 Å². The van der Waals surface area contributed by atoms with Crippen LogP contribution in [-0.2, 0) is 0 Å². The third-order valence-electron chi connectivity index (χ3n) is 1.68. The molecule has 15 heavy (non-hydrogen) atoms. The molecule has 1 aromatic carbocycles. The molecule has 5 nitrogen and oxygen atoms in total. The van der Waals surface area contributed by atoms with Gasteiger partial charge in [0, 0.05) is 9.13 Å². The van der Waals surface area contributed by atoms with Gasteiger partial charge in [-0.05, 0) is 40.8 Å². The van der Waals surface area contributed by atoms with Gasteiger partial charge < -0.3 is 9.52 Å². The normalized spacial score (nSPS) is 10.2. The third kappa shape index (κ3) is 2.14. The number of hydrogen-bond acceptors (Lipinski definition) is 4. The molecule has 6 heteroatoms. The fraction of sp³-hybridized carbons (Fsp3) is 0. The van der Waals surface area contributed by atoms with E-state index in [1.807, 2.05) is 18.2 Å². The Labute approximate surface area is 98.3 Å². The summed E-state index contributed by atoms with van der Waals surface area (Å²) < 4.78 is 5.98. The molecule has 0 amide bonds. The molecule has 2 rings (SSSR count). The van der Waals surface area contributed by atoms with E-state index in [0.29, 0.717) is 5.56 Å². The summed E-state index contributed by atoms with van der Waals surface area (Å²) in [6.45, 7) is 0. The predicted octanol–water partition coefficient (Wildman–Crippen LogP) is 2.04. The first kappa shape index (κ1) is 10.1. The molecule has 0 radical (unpaired) electrons. The number of benzene rings is 1. The summed E-state index contributed by atoms with van der Waals surface area (Å²) in [5.74, 6) is -1.41. The summed E-state index contributed by atoms with van der Waals surface area (Å²) in [4.78, 5) is 10.5. The molecule has 1 N–H and O–H groups in total. The summed E-state index contributed by atoms with van der Waals surface area (Å²) in [5.41, 5.74) is 0.710. The summed E-state index contributed by atoms with van der Waals surface area (Å²) in [7, 11) is 0. The van der Waals surface area contributed by atoms with Crippen LogP contribution in [0.15, 0.2) is 28.7 Å². The Morgan fingerprint density at radius 2 is 2.20 bits per heavy atom. The van der Waals surface area contributed by atoms with Gasteiger partial charge in [-0.2, -0.15) is 0 Å². The van der Waals surface area contributed by atoms with Crippen molar-refractivity contribution in [3.8, 4) is 11.5 Å². The lowest BCUT2D eigenvalue weighted by Crippen LogP contribution is -1.95. The van der Waals surface area contributed by atoms with E-state index < -0.39 is 11.9 Å². The highest BCUT2D eigenvalue weighted by Gasteiger charge is 2.13. The van der Waals surface area contributed by atoms with Crippen molar-refractivity contribution in [1.82, 2.24) is 10.2 Å². The van der Waals surface area contributed by atoms with Gasteiger partial charge in [0.15, 0.2) is 0 Å². The predicted molar refractivity (Wildman–Crippen MR) is 59.4 cm³/mol. The Morgan fingerprint density at radius 1 is 1.40 bits per heavy atom. The zero-order valence-corrected chi connectivity index (χ0v) is 9.50. The maximum absolute atomic E-state index is 10.5. The van der Waals surface area contributed by atoms with Crippen molar-refractivity contribution in [1.29, 1.82) is 0 Å². The van der Waals surface area contributed by atoms with E-state index in [1.54, 1.807) is 6.07 Å². The Bertz CT molecular complexity index is 510. The van der Waals surface area contributed by atoms with Crippen LogP contribution in [-0.4, -0.2) is 21.3 Å². The summed E-state index contributed by atoms with van der Waals surface area (Å²) in [6, 6.07) is 7.36. The smallest absolute Gasteiger partial charge is 0.393 e. The van der Waals surface area contributed by atoms with E-state index in [2.05, 4.69) is 32.8 Å². The molecule has 0 fully saturated rings. The molecule has 76 valence electrons. The number of halogens is 1. The van der Waals surface area contributed by atoms with Crippen molar-refractivity contribution in [2.24, 2.45) is 0 Å². The van der Waals surface area contributed by atoms with E-state index in [1.165, 1.54) is 0 Å². The van der Waals surface area contributed by atoms with Gasteiger partial charge in [0.05, 0.1) is 0 Å². The van der Waals surface area contributed by atoms with Gasteiger partial charge in [-0.3, -0.25) is 0 Å². The van der Waals surface area contributed by atoms with E-state index in [-0.39, 0.29) is 5.89 Å². The van der Waals surface area contributed by atoms with Crippen molar-refractivity contribution in [3.63, 3.8) is 0 Å². The van der Waals surface area contributed by atoms with Crippen molar-refractivity contribution in [3.05, 3.63) is 33.7 Å². The molecule has 0 spiro atoms. The fourth-order valence-electron chi connectivity index (χ4n) is 1.05. The van der Waals surface area contributed by atoms with E-state index in [9.17, 15) is 4.79 Å². The molecule has 0 saturated heterocycles.